The Bertz CT molecular complexity index is 362. The number of hydrogen-bond acceptors (Lipinski definition) is 2. The summed E-state index contributed by atoms with van der Waals surface area (Å²) >= 11 is 11.9. The summed E-state index contributed by atoms with van der Waals surface area (Å²) in [5.74, 6) is 0. The van der Waals surface area contributed by atoms with Crippen molar-refractivity contribution < 1.29 is 0 Å². The molecule has 1 heterocycles. The highest BCUT2D eigenvalue weighted by Crippen LogP contribution is 2.27. The third kappa shape index (κ3) is 2.82. The minimum Gasteiger partial charge on any atom is -0.373 e. The average Bonchev–Trinajstić information content (AvgIpc) is 2.74. The Morgan fingerprint density at radius 2 is 2.19 bits per heavy atom. The molecule has 0 amide bonds. The van der Waals surface area contributed by atoms with Crippen LogP contribution in [0.5, 0.6) is 0 Å². The van der Waals surface area contributed by atoms with Gasteiger partial charge in [-0.25, -0.2) is 0 Å². The second-order valence-electron chi connectivity index (χ2n) is 4.27. The van der Waals surface area contributed by atoms with Gasteiger partial charge in [0.2, 0.25) is 0 Å². The van der Waals surface area contributed by atoms with Gasteiger partial charge in [-0.1, -0.05) is 23.2 Å². The lowest BCUT2D eigenvalue weighted by atomic mass is 10.2. The molecule has 0 radical (unpaired) electrons. The minimum atomic E-state index is 0.597. The summed E-state index contributed by atoms with van der Waals surface area (Å²) in [5.41, 5.74) is 1.11. The first-order valence-corrected chi connectivity index (χ1v) is 6.32. The Balaban J connectivity index is 2.02. The van der Waals surface area contributed by atoms with Gasteiger partial charge in [0.05, 0.1) is 10.0 Å². The summed E-state index contributed by atoms with van der Waals surface area (Å²) in [6.45, 7) is 2.15. The molecule has 0 aromatic heterocycles. The molecule has 2 rings (SSSR count). The van der Waals surface area contributed by atoms with E-state index in [1.165, 1.54) is 12.8 Å². The van der Waals surface area contributed by atoms with Crippen molar-refractivity contribution in [3.05, 3.63) is 28.2 Å². The van der Waals surface area contributed by atoms with Crippen LogP contribution in [0.25, 0.3) is 0 Å². The maximum atomic E-state index is 6.00. The molecule has 2 nitrogen and oxygen atoms in total. The normalized spacial score (nSPS) is 20.1. The lowest BCUT2D eigenvalue weighted by Gasteiger charge is -2.23. The summed E-state index contributed by atoms with van der Waals surface area (Å²) in [7, 11) is 2.08. The first-order chi connectivity index (χ1) is 7.66. The molecule has 0 spiro atoms. The van der Waals surface area contributed by atoms with Gasteiger partial charge in [0.25, 0.3) is 0 Å². The molecule has 88 valence electrons. The zero-order valence-electron chi connectivity index (χ0n) is 9.34. The van der Waals surface area contributed by atoms with Gasteiger partial charge in [-0.05, 0) is 37.6 Å². The summed E-state index contributed by atoms with van der Waals surface area (Å²) < 4.78 is 0. The van der Waals surface area contributed by atoms with E-state index in [-0.39, 0.29) is 0 Å². The van der Waals surface area contributed by atoms with Crippen LogP contribution in [0.4, 0.5) is 5.69 Å². The quantitative estimate of drug-likeness (QED) is 0.896. The zero-order chi connectivity index (χ0) is 11.5. The molecule has 1 N–H and O–H groups in total. The summed E-state index contributed by atoms with van der Waals surface area (Å²) in [6, 6.07) is 6.36. The van der Waals surface area contributed by atoms with Crippen molar-refractivity contribution in [2.45, 2.75) is 18.9 Å². The standard InChI is InChI=1S/C12H16Cl2N2/c1-16(8-9-3-2-6-15-9)10-4-5-11(13)12(14)7-10/h4-5,7,9,15H,2-3,6,8H2,1H3. The fourth-order valence-electron chi connectivity index (χ4n) is 2.07. The van der Waals surface area contributed by atoms with Gasteiger partial charge in [0.15, 0.2) is 0 Å². The molecule has 1 aliphatic heterocycles. The molecule has 1 fully saturated rings. The topological polar surface area (TPSA) is 15.3 Å². The Hall–Kier alpha value is -0.440. The molecule has 0 aliphatic carbocycles. The maximum absolute atomic E-state index is 6.00. The smallest absolute Gasteiger partial charge is 0.0612 e. The van der Waals surface area contributed by atoms with Crippen molar-refractivity contribution in [2.24, 2.45) is 0 Å². The second-order valence-corrected chi connectivity index (χ2v) is 5.09. The number of rotatable bonds is 3. The van der Waals surface area contributed by atoms with Gasteiger partial charge in [-0.2, -0.15) is 0 Å². The van der Waals surface area contributed by atoms with Crippen molar-refractivity contribution >= 4 is 28.9 Å². The second kappa shape index (κ2) is 5.26. The van der Waals surface area contributed by atoms with E-state index in [2.05, 4.69) is 17.3 Å². The fourth-order valence-corrected chi connectivity index (χ4v) is 2.36. The molecule has 16 heavy (non-hydrogen) atoms. The van der Waals surface area contributed by atoms with E-state index in [0.29, 0.717) is 16.1 Å². The monoisotopic (exact) mass is 258 g/mol. The van der Waals surface area contributed by atoms with Crippen LogP contribution in [0, 0.1) is 0 Å². The van der Waals surface area contributed by atoms with Crippen molar-refractivity contribution in [1.82, 2.24) is 5.32 Å². The van der Waals surface area contributed by atoms with Gasteiger partial charge in [0, 0.05) is 25.3 Å². The molecule has 1 unspecified atom stereocenters. The lowest BCUT2D eigenvalue weighted by Crippen LogP contribution is -2.35. The SMILES string of the molecule is CN(CC1CCCN1)c1ccc(Cl)c(Cl)c1. The predicted octanol–water partition coefficient (Wildman–Crippen LogP) is 3.18. The highest BCUT2D eigenvalue weighted by Gasteiger charge is 2.16. The summed E-state index contributed by atoms with van der Waals surface area (Å²) in [4.78, 5) is 2.21. The molecule has 1 aliphatic rings. The maximum Gasteiger partial charge on any atom is 0.0612 e. The first-order valence-electron chi connectivity index (χ1n) is 5.56. The van der Waals surface area contributed by atoms with Crippen LogP contribution >= 0.6 is 23.2 Å². The van der Waals surface area contributed by atoms with E-state index in [0.717, 1.165) is 18.8 Å². The molecule has 0 bridgehead atoms. The van der Waals surface area contributed by atoms with Gasteiger partial charge in [-0.3, -0.25) is 0 Å². The first kappa shape index (κ1) is 12.0. The van der Waals surface area contributed by atoms with E-state index in [1.807, 2.05) is 18.2 Å². The van der Waals surface area contributed by atoms with Crippen LogP contribution in [0.1, 0.15) is 12.8 Å². The molecule has 1 saturated heterocycles. The van der Waals surface area contributed by atoms with Gasteiger partial charge < -0.3 is 10.2 Å². The third-order valence-electron chi connectivity index (χ3n) is 3.00. The van der Waals surface area contributed by atoms with Crippen LogP contribution in [0.15, 0.2) is 18.2 Å². The molecular formula is C12H16Cl2N2. The number of hydrogen-bond donors (Lipinski definition) is 1. The molecule has 1 atom stereocenters. The molecule has 1 aromatic carbocycles. The van der Waals surface area contributed by atoms with E-state index < -0.39 is 0 Å². The van der Waals surface area contributed by atoms with Gasteiger partial charge >= 0.3 is 0 Å². The lowest BCUT2D eigenvalue weighted by molar-refractivity contribution is 0.600. The Morgan fingerprint density at radius 1 is 1.38 bits per heavy atom. The van der Waals surface area contributed by atoms with Crippen LogP contribution in [0.3, 0.4) is 0 Å². The largest absolute Gasteiger partial charge is 0.373 e. The van der Waals surface area contributed by atoms with Crippen molar-refractivity contribution in [1.29, 1.82) is 0 Å². The fraction of sp³-hybridized carbons (Fsp3) is 0.500. The van der Waals surface area contributed by atoms with Crippen LogP contribution in [-0.2, 0) is 0 Å². The van der Waals surface area contributed by atoms with Crippen LogP contribution < -0.4 is 10.2 Å². The van der Waals surface area contributed by atoms with E-state index in [4.69, 9.17) is 23.2 Å². The van der Waals surface area contributed by atoms with E-state index in [1.54, 1.807) is 0 Å². The highest BCUT2D eigenvalue weighted by atomic mass is 35.5. The van der Waals surface area contributed by atoms with Gasteiger partial charge in [-0.15, -0.1) is 0 Å². The Morgan fingerprint density at radius 3 is 2.81 bits per heavy atom. The Labute approximate surface area is 107 Å². The average molecular weight is 259 g/mol. The minimum absolute atomic E-state index is 0.597. The predicted molar refractivity (Wildman–Crippen MR) is 70.8 cm³/mol. The molecule has 1 aromatic rings. The van der Waals surface area contributed by atoms with Crippen molar-refractivity contribution in [3.8, 4) is 0 Å². The number of anilines is 1. The van der Waals surface area contributed by atoms with Crippen LogP contribution in [0.2, 0.25) is 10.0 Å². The van der Waals surface area contributed by atoms with E-state index in [9.17, 15) is 0 Å². The molecular weight excluding hydrogens is 243 g/mol. The molecule has 4 heteroatoms. The van der Waals surface area contributed by atoms with Gasteiger partial charge in [0.1, 0.15) is 0 Å². The number of nitrogens with one attached hydrogen (secondary N) is 1. The third-order valence-corrected chi connectivity index (χ3v) is 3.74. The highest BCUT2D eigenvalue weighted by molar-refractivity contribution is 6.42. The van der Waals surface area contributed by atoms with Crippen LogP contribution in [-0.4, -0.2) is 26.2 Å². The van der Waals surface area contributed by atoms with Crippen molar-refractivity contribution in [3.63, 3.8) is 0 Å². The number of halogens is 2. The Kier molecular flexibility index (Phi) is 3.95. The number of likely N-dealkylation sites (N-methyl/N-ethyl adjacent to an activating group) is 1. The van der Waals surface area contributed by atoms with Crippen molar-refractivity contribution in [2.75, 3.05) is 25.0 Å². The number of nitrogens with zero attached hydrogens (tertiary/aromatic N) is 1. The summed E-state index contributed by atoms with van der Waals surface area (Å²) in [6.07, 6.45) is 2.53. The summed E-state index contributed by atoms with van der Waals surface area (Å²) in [5, 5.41) is 4.71. The molecule has 0 saturated carbocycles. The number of benzene rings is 1. The zero-order valence-corrected chi connectivity index (χ0v) is 10.9. The van der Waals surface area contributed by atoms with E-state index >= 15 is 0 Å².